The monoisotopic (exact) mass is 435 g/mol. The summed E-state index contributed by atoms with van der Waals surface area (Å²) < 4.78 is 18.9. The summed E-state index contributed by atoms with van der Waals surface area (Å²) >= 11 is 1.50. The maximum Gasteiger partial charge on any atom is 0.291 e. The van der Waals surface area contributed by atoms with E-state index in [4.69, 9.17) is 4.42 Å². The minimum absolute atomic E-state index is 0.237. The lowest BCUT2D eigenvalue weighted by atomic mass is 9.96. The number of hydrogen-bond donors (Lipinski definition) is 2. The number of rotatable bonds is 6. The van der Waals surface area contributed by atoms with E-state index < -0.39 is 0 Å². The summed E-state index contributed by atoms with van der Waals surface area (Å²) in [5.74, 6) is 0.307. The molecule has 0 bridgehead atoms. The molecule has 31 heavy (non-hydrogen) atoms. The third-order valence-corrected chi connectivity index (χ3v) is 6.24. The highest BCUT2D eigenvalue weighted by Gasteiger charge is 2.25. The summed E-state index contributed by atoms with van der Waals surface area (Å²) in [6.07, 6.45) is 3.21. The van der Waals surface area contributed by atoms with Crippen LogP contribution in [-0.2, 0) is 0 Å². The fourth-order valence-corrected chi connectivity index (χ4v) is 4.49. The molecule has 4 aromatic rings. The number of pyridine rings is 1. The van der Waals surface area contributed by atoms with Gasteiger partial charge in [-0.15, -0.1) is 11.3 Å². The fourth-order valence-electron chi connectivity index (χ4n) is 3.40. The van der Waals surface area contributed by atoms with E-state index in [9.17, 15) is 9.18 Å². The topological polar surface area (TPSA) is 67.2 Å². The summed E-state index contributed by atoms with van der Waals surface area (Å²) in [7, 11) is 0. The number of benzene rings is 1. The Bertz CT molecular complexity index is 1200. The van der Waals surface area contributed by atoms with Crippen molar-refractivity contribution in [1.29, 1.82) is 0 Å². The molecule has 2 N–H and O–H groups in total. The van der Waals surface area contributed by atoms with E-state index in [0.717, 1.165) is 27.1 Å². The number of halogens is 1. The Hall–Kier alpha value is -3.45. The van der Waals surface area contributed by atoms with Crippen molar-refractivity contribution in [3.05, 3.63) is 99.7 Å². The van der Waals surface area contributed by atoms with E-state index in [0.29, 0.717) is 10.8 Å². The van der Waals surface area contributed by atoms with Crippen LogP contribution >= 0.6 is 11.3 Å². The summed E-state index contributed by atoms with van der Waals surface area (Å²) in [5.41, 5.74) is 3.89. The van der Waals surface area contributed by atoms with Gasteiger partial charge in [0.2, 0.25) is 0 Å². The average molecular weight is 436 g/mol. The number of amides is 1. The van der Waals surface area contributed by atoms with Gasteiger partial charge in [0.25, 0.3) is 5.91 Å². The number of nitrogens with one attached hydrogen (secondary N) is 2. The Balaban J connectivity index is 1.78. The molecule has 0 saturated heterocycles. The molecule has 3 aromatic heterocycles. The van der Waals surface area contributed by atoms with Crippen molar-refractivity contribution in [3.63, 3.8) is 0 Å². The second-order valence-corrected chi connectivity index (χ2v) is 8.53. The van der Waals surface area contributed by atoms with Gasteiger partial charge in [0.1, 0.15) is 16.6 Å². The van der Waals surface area contributed by atoms with Gasteiger partial charge in [-0.25, -0.2) is 9.37 Å². The van der Waals surface area contributed by atoms with Gasteiger partial charge in [-0.3, -0.25) is 4.79 Å². The molecule has 0 aliphatic carbocycles. The zero-order valence-corrected chi connectivity index (χ0v) is 18.2. The first-order valence-electron chi connectivity index (χ1n) is 9.82. The van der Waals surface area contributed by atoms with Gasteiger partial charge in [0, 0.05) is 16.6 Å². The first kappa shape index (κ1) is 20.8. The van der Waals surface area contributed by atoms with Gasteiger partial charge in [-0.2, -0.15) is 0 Å². The second-order valence-electron chi connectivity index (χ2n) is 7.30. The Morgan fingerprint density at radius 1 is 1.13 bits per heavy atom. The van der Waals surface area contributed by atoms with E-state index in [1.807, 2.05) is 32.9 Å². The number of anilines is 2. The highest BCUT2D eigenvalue weighted by atomic mass is 32.1. The van der Waals surface area contributed by atoms with Crippen molar-refractivity contribution in [3.8, 4) is 0 Å². The summed E-state index contributed by atoms with van der Waals surface area (Å²) in [6.45, 7) is 6.03. The lowest BCUT2D eigenvalue weighted by Crippen LogP contribution is -2.17. The highest BCUT2D eigenvalue weighted by molar-refractivity contribution is 7.16. The molecular formula is C24H22FN3O2S. The number of carbonyl (C=O) groups excluding carboxylic acids is 1. The van der Waals surface area contributed by atoms with Gasteiger partial charge in [0.15, 0.2) is 5.76 Å². The third-order valence-electron chi connectivity index (χ3n) is 5.10. The largest absolute Gasteiger partial charge is 0.459 e. The second kappa shape index (κ2) is 8.73. The maximum absolute atomic E-state index is 13.6. The first-order chi connectivity index (χ1) is 14.9. The van der Waals surface area contributed by atoms with Crippen LogP contribution in [-0.4, -0.2) is 10.9 Å². The first-order valence-corrected chi connectivity index (χ1v) is 10.6. The maximum atomic E-state index is 13.6. The van der Waals surface area contributed by atoms with Gasteiger partial charge in [0.05, 0.1) is 12.3 Å². The minimum atomic E-state index is -0.341. The molecule has 0 spiro atoms. The lowest BCUT2D eigenvalue weighted by Gasteiger charge is -2.22. The molecule has 158 valence electrons. The molecule has 1 unspecified atom stereocenters. The predicted octanol–water partition coefficient (Wildman–Crippen LogP) is 6.25. The van der Waals surface area contributed by atoms with Crippen LogP contribution in [0.1, 0.15) is 43.7 Å². The molecule has 5 nitrogen and oxygen atoms in total. The van der Waals surface area contributed by atoms with Crippen molar-refractivity contribution in [2.45, 2.75) is 26.8 Å². The number of nitrogens with zero attached hydrogens (tertiary/aromatic N) is 1. The predicted molar refractivity (Wildman–Crippen MR) is 121 cm³/mol. The van der Waals surface area contributed by atoms with Gasteiger partial charge >= 0.3 is 0 Å². The van der Waals surface area contributed by atoms with Crippen LogP contribution in [0.3, 0.4) is 0 Å². The average Bonchev–Trinajstić information content (AvgIpc) is 3.37. The van der Waals surface area contributed by atoms with E-state index in [1.54, 1.807) is 30.5 Å². The number of thiophene rings is 1. The molecule has 0 radical (unpaired) electrons. The van der Waals surface area contributed by atoms with Crippen LogP contribution in [0.5, 0.6) is 0 Å². The standard InChI is InChI=1S/C24H22FN3O2S/c1-14-10-11-26-20(13-14)27-22(17-6-8-18(25)9-7-17)21-15(2)16(3)31-24(21)28-23(29)19-5-4-12-30-19/h4-13,22H,1-3H3,(H,26,27)(H,28,29). The van der Waals surface area contributed by atoms with E-state index in [2.05, 4.69) is 15.6 Å². The van der Waals surface area contributed by atoms with Crippen molar-refractivity contribution in [2.24, 2.45) is 0 Å². The number of aryl methyl sites for hydroxylation is 2. The zero-order valence-electron chi connectivity index (χ0n) is 17.4. The summed E-state index contributed by atoms with van der Waals surface area (Å²) in [5, 5.41) is 7.17. The smallest absolute Gasteiger partial charge is 0.291 e. The lowest BCUT2D eigenvalue weighted by molar-refractivity contribution is 0.0997. The Morgan fingerprint density at radius 2 is 1.90 bits per heavy atom. The number of carbonyl (C=O) groups is 1. The number of aromatic nitrogens is 1. The molecule has 7 heteroatoms. The molecule has 0 aliphatic rings. The van der Waals surface area contributed by atoms with E-state index in [-0.39, 0.29) is 23.5 Å². The molecule has 0 aliphatic heterocycles. The molecule has 0 fully saturated rings. The quantitative estimate of drug-likeness (QED) is 0.375. The van der Waals surface area contributed by atoms with Crippen LogP contribution in [0.15, 0.2) is 65.4 Å². The van der Waals surface area contributed by atoms with Crippen LogP contribution in [0, 0.1) is 26.6 Å². The normalized spacial score (nSPS) is 11.9. The fraction of sp³-hybridized carbons (Fsp3) is 0.167. The molecule has 1 aromatic carbocycles. The van der Waals surface area contributed by atoms with E-state index in [1.165, 1.54) is 29.7 Å². The number of hydrogen-bond acceptors (Lipinski definition) is 5. The molecule has 4 rings (SSSR count). The third kappa shape index (κ3) is 4.51. The van der Waals surface area contributed by atoms with E-state index >= 15 is 0 Å². The van der Waals surface area contributed by atoms with Crippen molar-refractivity contribution in [2.75, 3.05) is 10.6 Å². The molecule has 3 heterocycles. The Kier molecular flexibility index (Phi) is 5.86. The SMILES string of the molecule is Cc1ccnc(NC(c2ccc(F)cc2)c2c(NC(=O)c3ccco3)sc(C)c2C)c1. The highest BCUT2D eigenvalue weighted by Crippen LogP contribution is 2.41. The van der Waals surface area contributed by atoms with Crippen LogP contribution in [0.2, 0.25) is 0 Å². The molecule has 0 saturated carbocycles. The zero-order chi connectivity index (χ0) is 22.0. The Morgan fingerprint density at radius 3 is 2.58 bits per heavy atom. The number of furan rings is 1. The van der Waals surface area contributed by atoms with Gasteiger partial charge in [-0.05, 0) is 73.9 Å². The van der Waals surface area contributed by atoms with Crippen molar-refractivity contribution >= 4 is 28.1 Å². The van der Waals surface area contributed by atoms with Crippen LogP contribution in [0.4, 0.5) is 15.2 Å². The minimum Gasteiger partial charge on any atom is -0.459 e. The molecule has 1 amide bonds. The van der Waals surface area contributed by atoms with Crippen molar-refractivity contribution < 1.29 is 13.6 Å². The summed E-state index contributed by atoms with van der Waals surface area (Å²) in [6, 6.07) is 13.2. The molecule has 1 atom stereocenters. The van der Waals surface area contributed by atoms with Gasteiger partial charge in [-0.1, -0.05) is 12.1 Å². The van der Waals surface area contributed by atoms with Crippen molar-refractivity contribution in [1.82, 2.24) is 4.98 Å². The molecular weight excluding hydrogens is 413 g/mol. The summed E-state index contributed by atoms with van der Waals surface area (Å²) in [4.78, 5) is 18.2. The van der Waals surface area contributed by atoms with Crippen LogP contribution in [0.25, 0.3) is 0 Å². The van der Waals surface area contributed by atoms with Gasteiger partial charge < -0.3 is 15.1 Å². The van der Waals surface area contributed by atoms with Crippen LogP contribution < -0.4 is 10.6 Å². The Labute approximate surface area is 184 Å².